The van der Waals surface area contributed by atoms with Crippen LogP contribution in [0.4, 0.5) is 5.69 Å². The molecule has 3 N–H and O–H groups in total. The zero-order valence-electron chi connectivity index (χ0n) is 14.4. The maximum Gasteiger partial charge on any atom is 0.241 e. The molecule has 24 heavy (non-hydrogen) atoms. The summed E-state index contributed by atoms with van der Waals surface area (Å²) in [6.07, 6.45) is 8.42. The Labute approximate surface area is 143 Å². The van der Waals surface area contributed by atoms with E-state index in [1.807, 2.05) is 31.2 Å². The van der Waals surface area contributed by atoms with Crippen molar-refractivity contribution in [3.05, 3.63) is 36.8 Å². The molecule has 0 saturated heterocycles. The average Bonchev–Trinajstić information content (AvgIpc) is 3.12. The van der Waals surface area contributed by atoms with Gasteiger partial charge in [0.05, 0.1) is 24.3 Å². The van der Waals surface area contributed by atoms with Crippen LogP contribution < -0.4 is 10.6 Å². The van der Waals surface area contributed by atoms with Gasteiger partial charge in [0, 0.05) is 11.7 Å². The SMILES string of the molecule is C[C@H](N[C@@H]1CCCC[C@@H]1C)C(=O)Nc1ccc(-c2cnc[nH]2)cc1. The molecular formula is C19H26N4O. The summed E-state index contributed by atoms with van der Waals surface area (Å²) in [6.45, 7) is 4.21. The van der Waals surface area contributed by atoms with Gasteiger partial charge in [0.25, 0.3) is 0 Å². The lowest BCUT2D eigenvalue weighted by Gasteiger charge is -2.31. The van der Waals surface area contributed by atoms with Crippen LogP contribution >= 0.6 is 0 Å². The van der Waals surface area contributed by atoms with Crippen LogP contribution in [0.2, 0.25) is 0 Å². The Hall–Kier alpha value is -2.14. The van der Waals surface area contributed by atoms with Crippen LogP contribution in [-0.4, -0.2) is 28.0 Å². The third-order valence-electron chi connectivity index (χ3n) is 4.93. The van der Waals surface area contributed by atoms with Gasteiger partial charge >= 0.3 is 0 Å². The van der Waals surface area contributed by atoms with Gasteiger partial charge in [-0.25, -0.2) is 4.98 Å². The summed E-state index contributed by atoms with van der Waals surface area (Å²) in [4.78, 5) is 19.5. The van der Waals surface area contributed by atoms with Crippen LogP contribution in [0.25, 0.3) is 11.3 Å². The second-order valence-electron chi connectivity index (χ2n) is 6.79. The number of rotatable bonds is 5. The molecule has 1 saturated carbocycles. The molecule has 1 aromatic carbocycles. The normalized spacial score (nSPS) is 22.1. The number of H-pyrrole nitrogens is 1. The fourth-order valence-electron chi connectivity index (χ4n) is 3.36. The molecule has 0 spiro atoms. The molecule has 1 aliphatic carbocycles. The van der Waals surface area contributed by atoms with Gasteiger partial charge in [0.15, 0.2) is 0 Å². The molecular weight excluding hydrogens is 300 g/mol. The Morgan fingerprint density at radius 3 is 2.67 bits per heavy atom. The summed E-state index contributed by atoms with van der Waals surface area (Å²) in [5.41, 5.74) is 2.83. The predicted octanol–water partition coefficient (Wildman–Crippen LogP) is 3.57. The maximum absolute atomic E-state index is 12.4. The van der Waals surface area contributed by atoms with Gasteiger partial charge in [-0.1, -0.05) is 31.9 Å². The highest BCUT2D eigenvalue weighted by Gasteiger charge is 2.24. The maximum atomic E-state index is 12.4. The second-order valence-corrected chi connectivity index (χ2v) is 6.79. The lowest BCUT2D eigenvalue weighted by molar-refractivity contribution is -0.118. The number of carbonyl (C=O) groups excluding carboxylic acids is 1. The van der Waals surface area contributed by atoms with Crippen molar-refractivity contribution in [1.29, 1.82) is 0 Å². The number of benzene rings is 1. The van der Waals surface area contributed by atoms with E-state index in [1.165, 1.54) is 19.3 Å². The summed E-state index contributed by atoms with van der Waals surface area (Å²) < 4.78 is 0. The lowest BCUT2D eigenvalue weighted by Crippen LogP contribution is -2.47. The number of nitrogens with zero attached hydrogens (tertiary/aromatic N) is 1. The molecule has 5 nitrogen and oxygen atoms in total. The van der Waals surface area contributed by atoms with E-state index < -0.39 is 0 Å². The van der Waals surface area contributed by atoms with Gasteiger partial charge in [0.2, 0.25) is 5.91 Å². The van der Waals surface area contributed by atoms with Gasteiger partial charge in [0.1, 0.15) is 0 Å². The first-order valence-corrected chi connectivity index (χ1v) is 8.79. The van der Waals surface area contributed by atoms with E-state index in [1.54, 1.807) is 12.5 Å². The highest BCUT2D eigenvalue weighted by molar-refractivity contribution is 5.94. The molecule has 3 atom stereocenters. The van der Waals surface area contributed by atoms with E-state index in [4.69, 9.17) is 0 Å². The number of nitrogens with one attached hydrogen (secondary N) is 3. The largest absolute Gasteiger partial charge is 0.345 e. The first kappa shape index (κ1) is 16.7. The fourth-order valence-corrected chi connectivity index (χ4v) is 3.36. The van der Waals surface area contributed by atoms with E-state index in [2.05, 4.69) is 27.5 Å². The van der Waals surface area contributed by atoms with Gasteiger partial charge in [-0.15, -0.1) is 0 Å². The van der Waals surface area contributed by atoms with E-state index in [0.29, 0.717) is 12.0 Å². The van der Waals surface area contributed by atoms with Crippen LogP contribution in [0.5, 0.6) is 0 Å². The van der Waals surface area contributed by atoms with Crippen LogP contribution in [0.15, 0.2) is 36.8 Å². The zero-order valence-corrected chi connectivity index (χ0v) is 14.4. The minimum atomic E-state index is -0.192. The summed E-state index contributed by atoms with van der Waals surface area (Å²) in [5, 5.41) is 6.49. The van der Waals surface area contributed by atoms with Gasteiger partial charge in [-0.3, -0.25) is 4.79 Å². The van der Waals surface area contributed by atoms with Crippen LogP contribution in [0.3, 0.4) is 0 Å². The first-order valence-electron chi connectivity index (χ1n) is 8.79. The van der Waals surface area contributed by atoms with Crippen molar-refractivity contribution in [1.82, 2.24) is 15.3 Å². The Morgan fingerprint density at radius 1 is 1.25 bits per heavy atom. The molecule has 128 valence electrons. The molecule has 5 heteroatoms. The highest BCUT2D eigenvalue weighted by Crippen LogP contribution is 2.24. The molecule has 1 amide bonds. The topological polar surface area (TPSA) is 69.8 Å². The van der Waals surface area contributed by atoms with Crippen molar-refractivity contribution >= 4 is 11.6 Å². The number of anilines is 1. The number of carbonyl (C=O) groups is 1. The third kappa shape index (κ3) is 4.03. The summed E-state index contributed by atoms with van der Waals surface area (Å²) in [7, 11) is 0. The molecule has 0 aliphatic heterocycles. The minimum absolute atomic E-state index is 0.0158. The monoisotopic (exact) mass is 326 g/mol. The summed E-state index contributed by atoms with van der Waals surface area (Å²) in [6, 6.07) is 8.05. The number of aromatic nitrogens is 2. The van der Waals surface area contributed by atoms with E-state index in [9.17, 15) is 4.79 Å². The zero-order chi connectivity index (χ0) is 16.9. The molecule has 1 heterocycles. The minimum Gasteiger partial charge on any atom is -0.345 e. The van der Waals surface area contributed by atoms with E-state index in [-0.39, 0.29) is 11.9 Å². The first-order chi connectivity index (χ1) is 11.6. The smallest absolute Gasteiger partial charge is 0.241 e. The summed E-state index contributed by atoms with van der Waals surface area (Å²) in [5.74, 6) is 0.657. The standard InChI is InChI=1S/C19H26N4O/c1-13-5-3-4-6-17(13)22-14(2)19(24)23-16-9-7-15(8-10-16)18-11-20-12-21-18/h7-14,17,22H,3-6H2,1-2H3,(H,20,21)(H,23,24)/t13-,14-,17+/m0/s1. The Balaban J connectivity index is 1.55. The molecule has 3 rings (SSSR count). The van der Waals surface area contributed by atoms with Crippen molar-refractivity contribution in [3.8, 4) is 11.3 Å². The molecule has 2 aromatic rings. The quantitative estimate of drug-likeness (QED) is 0.786. The number of hydrogen-bond acceptors (Lipinski definition) is 3. The van der Waals surface area contributed by atoms with Crippen LogP contribution in [0.1, 0.15) is 39.5 Å². The second kappa shape index (κ2) is 7.62. The van der Waals surface area contributed by atoms with Crippen molar-refractivity contribution in [2.45, 2.75) is 51.6 Å². The van der Waals surface area contributed by atoms with Crippen molar-refractivity contribution in [3.63, 3.8) is 0 Å². The van der Waals surface area contributed by atoms with Crippen molar-refractivity contribution in [2.75, 3.05) is 5.32 Å². The highest BCUT2D eigenvalue weighted by atomic mass is 16.2. The van der Waals surface area contributed by atoms with Crippen LogP contribution in [0, 0.1) is 5.92 Å². The molecule has 0 bridgehead atoms. The average molecular weight is 326 g/mol. The van der Waals surface area contributed by atoms with Crippen LogP contribution in [-0.2, 0) is 4.79 Å². The number of imidazole rings is 1. The molecule has 0 radical (unpaired) electrons. The van der Waals surface area contributed by atoms with Gasteiger partial charge in [-0.05, 0) is 43.4 Å². The fraction of sp³-hybridized carbons (Fsp3) is 0.474. The predicted molar refractivity (Wildman–Crippen MR) is 96.7 cm³/mol. The third-order valence-corrected chi connectivity index (χ3v) is 4.93. The molecule has 1 aromatic heterocycles. The number of aromatic amines is 1. The Morgan fingerprint density at radius 2 is 2.00 bits per heavy atom. The lowest BCUT2D eigenvalue weighted by atomic mass is 9.85. The number of hydrogen-bond donors (Lipinski definition) is 3. The van der Waals surface area contributed by atoms with Crippen molar-refractivity contribution < 1.29 is 4.79 Å². The van der Waals surface area contributed by atoms with E-state index >= 15 is 0 Å². The molecule has 1 aliphatic rings. The number of amides is 1. The Kier molecular flexibility index (Phi) is 5.30. The molecule has 1 fully saturated rings. The van der Waals surface area contributed by atoms with E-state index in [0.717, 1.165) is 23.4 Å². The Bertz CT molecular complexity index is 651. The summed E-state index contributed by atoms with van der Waals surface area (Å²) >= 11 is 0. The van der Waals surface area contributed by atoms with Gasteiger partial charge < -0.3 is 15.6 Å². The van der Waals surface area contributed by atoms with Crippen molar-refractivity contribution in [2.24, 2.45) is 5.92 Å². The van der Waals surface area contributed by atoms with Gasteiger partial charge in [-0.2, -0.15) is 0 Å². The molecule has 0 unspecified atom stereocenters.